The average Bonchev–Trinajstić information content (AvgIpc) is 3.09. The van der Waals surface area contributed by atoms with Crippen LogP contribution in [0.4, 0.5) is 10.8 Å². The van der Waals surface area contributed by atoms with E-state index in [0.717, 1.165) is 18.5 Å². The molecule has 27 heavy (non-hydrogen) atoms. The molecule has 1 aliphatic rings. The molecule has 2 atom stereocenters. The second-order valence-electron chi connectivity index (χ2n) is 7.06. The molecule has 0 spiro atoms. The maximum atomic E-state index is 12.2. The first-order valence-corrected chi connectivity index (χ1v) is 10.2. The molecular formula is C21H25N3O2S. The topological polar surface area (TPSA) is 62.3 Å². The molecule has 142 valence electrons. The Balaban J connectivity index is 1.65. The number of nitrogens with one attached hydrogen (secondary N) is 1. The summed E-state index contributed by atoms with van der Waals surface area (Å²) in [5.74, 6) is 0.482. The summed E-state index contributed by atoms with van der Waals surface area (Å²) < 4.78 is 0. The van der Waals surface area contributed by atoms with Crippen LogP contribution in [0.15, 0.2) is 41.8 Å². The number of rotatable bonds is 5. The second-order valence-corrected chi connectivity index (χ2v) is 7.89. The van der Waals surface area contributed by atoms with E-state index in [9.17, 15) is 9.59 Å². The number of anilines is 2. The Morgan fingerprint density at radius 2 is 2.04 bits per heavy atom. The SMILES string of the molecule is CC(=O)N(c1ccccc1)c1nc(/C=C/C(=O)NC2CCCC(C)C2)cs1. The van der Waals surface area contributed by atoms with Crippen molar-refractivity contribution in [3.8, 4) is 0 Å². The molecule has 1 saturated carbocycles. The van der Waals surface area contributed by atoms with Crippen molar-refractivity contribution in [2.45, 2.75) is 45.6 Å². The molecule has 1 fully saturated rings. The maximum absolute atomic E-state index is 12.2. The molecule has 2 aromatic rings. The van der Waals surface area contributed by atoms with Crippen molar-refractivity contribution in [1.82, 2.24) is 10.3 Å². The van der Waals surface area contributed by atoms with E-state index < -0.39 is 0 Å². The van der Waals surface area contributed by atoms with E-state index in [1.807, 2.05) is 35.7 Å². The third-order valence-corrected chi connectivity index (χ3v) is 5.56. The van der Waals surface area contributed by atoms with E-state index in [0.29, 0.717) is 16.7 Å². The fourth-order valence-corrected chi connectivity index (χ4v) is 4.29. The van der Waals surface area contributed by atoms with Crippen LogP contribution < -0.4 is 10.2 Å². The molecule has 5 nitrogen and oxygen atoms in total. The summed E-state index contributed by atoms with van der Waals surface area (Å²) in [6.07, 6.45) is 7.74. The van der Waals surface area contributed by atoms with Crippen molar-refractivity contribution in [1.29, 1.82) is 0 Å². The predicted octanol–water partition coefficient (Wildman–Crippen LogP) is 4.54. The fourth-order valence-electron chi connectivity index (χ4n) is 3.44. The highest BCUT2D eigenvalue weighted by atomic mass is 32.1. The number of hydrogen-bond donors (Lipinski definition) is 1. The van der Waals surface area contributed by atoms with E-state index in [1.54, 1.807) is 11.0 Å². The number of benzene rings is 1. The van der Waals surface area contributed by atoms with Crippen molar-refractivity contribution in [3.05, 3.63) is 47.5 Å². The molecule has 6 heteroatoms. The van der Waals surface area contributed by atoms with E-state index in [2.05, 4.69) is 17.2 Å². The molecule has 1 aromatic carbocycles. The predicted molar refractivity (Wildman–Crippen MR) is 110 cm³/mol. The fraction of sp³-hybridized carbons (Fsp3) is 0.381. The lowest BCUT2D eigenvalue weighted by molar-refractivity contribution is -0.117. The number of hydrogen-bond acceptors (Lipinski definition) is 4. The van der Waals surface area contributed by atoms with Gasteiger partial charge in [0.1, 0.15) is 0 Å². The average molecular weight is 384 g/mol. The molecule has 3 rings (SSSR count). The zero-order valence-corrected chi connectivity index (χ0v) is 16.5. The third-order valence-electron chi connectivity index (χ3n) is 4.72. The number of amides is 2. The zero-order valence-electron chi connectivity index (χ0n) is 15.7. The minimum absolute atomic E-state index is 0.0878. The lowest BCUT2D eigenvalue weighted by Gasteiger charge is -2.26. The molecule has 0 bridgehead atoms. The smallest absolute Gasteiger partial charge is 0.244 e. The Morgan fingerprint density at radius 3 is 2.74 bits per heavy atom. The largest absolute Gasteiger partial charge is 0.350 e. The molecule has 1 aliphatic carbocycles. The lowest BCUT2D eigenvalue weighted by Crippen LogP contribution is -2.36. The molecule has 0 aliphatic heterocycles. The Kier molecular flexibility index (Phi) is 6.40. The van der Waals surface area contributed by atoms with E-state index in [1.165, 1.54) is 37.2 Å². The van der Waals surface area contributed by atoms with Gasteiger partial charge in [-0.15, -0.1) is 11.3 Å². The monoisotopic (exact) mass is 383 g/mol. The number of carbonyl (C=O) groups is 2. The van der Waals surface area contributed by atoms with Gasteiger partial charge in [-0.05, 0) is 37.0 Å². The summed E-state index contributed by atoms with van der Waals surface area (Å²) >= 11 is 1.38. The summed E-state index contributed by atoms with van der Waals surface area (Å²) in [5, 5.41) is 5.52. The van der Waals surface area contributed by atoms with Gasteiger partial charge in [0.15, 0.2) is 5.13 Å². The molecule has 2 unspecified atom stereocenters. The van der Waals surface area contributed by atoms with Gasteiger partial charge in [0, 0.05) is 24.4 Å². The minimum atomic E-state index is -0.102. The highest BCUT2D eigenvalue weighted by molar-refractivity contribution is 7.14. The summed E-state index contributed by atoms with van der Waals surface area (Å²) in [4.78, 5) is 30.3. The van der Waals surface area contributed by atoms with E-state index in [4.69, 9.17) is 0 Å². The van der Waals surface area contributed by atoms with Gasteiger partial charge in [-0.3, -0.25) is 14.5 Å². The third kappa shape index (κ3) is 5.26. The first-order chi connectivity index (χ1) is 13.0. The standard InChI is InChI=1S/C21H25N3O2S/c1-15-7-6-8-17(13-15)22-20(26)12-11-18-14-27-21(23-18)24(16(2)25)19-9-4-3-5-10-19/h3-5,9-12,14-15,17H,6-8,13H2,1-2H3,(H,22,26)/b12-11+. The van der Waals surface area contributed by atoms with Gasteiger partial charge in [-0.1, -0.05) is 38.0 Å². The first-order valence-electron chi connectivity index (χ1n) is 9.33. The number of para-hydroxylation sites is 1. The van der Waals surface area contributed by atoms with Crippen LogP contribution in [-0.4, -0.2) is 22.8 Å². The summed E-state index contributed by atoms with van der Waals surface area (Å²) in [6.45, 7) is 3.75. The molecule has 0 radical (unpaired) electrons. The molecule has 1 N–H and O–H groups in total. The quantitative estimate of drug-likeness (QED) is 0.771. The summed E-state index contributed by atoms with van der Waals surface area (Å²) in [5.41, 5.74) is 1.45. The van der Waals surface area contributed by atoms with Crippen LogP contribution in [0.5, 0.6) is 0 Å². The van der Waals surface area contributed by atoms with Crippen LogP contribution in [0.25, 0.3) is 6.08 Å². The van der Waals surface area contributed by atoms with Crippen molar-refractivity contribution >= 4 is 40.0 Å². The van der Waals surface area contributed by atoms with Gasteiger partial charge < -0.3 is 5.32 Å². The highest BCUT2D eigenvalue weighted by Crippen LogP contribution is 2.29. The van der Waals surface area contributed by atoms with Crippen molar-refractivity contribution in [2.75, 3.05) is 4.90 Å². The zero-order chi connectivity index (χ0) is 19.2. The van der Waals surface area contributed by atoms with E-state index in [-0.39, 0.29) is 17.9 Å². The van der Waals surface area contributed by atoms with Crippen LogP contribution in [0.2, 0.25) is 0 Å². The van der Waals surface area contributed by atoms with Crippen LogP contribution in [0, 0.1) is 5.92 Å². The van der Waals surface area contributed by atoms with Gasteiger partial charge in [-0.25, -0.2) is 4.98 Å². The van der Waals surface area contributed by atoms with Gasteiger partial charge in [0.25, 0.3) is 0 Å². The molecule has 2 amide bonds. The molecule has 1 heterocycles. The number of carbonyl (C=O) groups excluding carboxylic acids is 2. The molecule has 1 aromatic heterocycles. The first kappa shape index (κ1) is 19.3. The highest BCUT2D eigenvalue weighted by Gasteiger charge is 2.20. The van der Waals surface area contributed by atoms with E-state index >= 15 is 0 Å². The number of thiazole rings is 1. The molecular weight excluding hydrogens is 358 g/mol. The van der Waals surface area contributed by atoms with Crippen LogP contribution in [0.3, 0.4) is 0 Å². The lowest BCUT2D eigenvalue weighted by atomic mass is 9.87. The van der Waals surface area contributed by atoms with Crippen LogP contribution in [0.1, 0.15) is 45.2 Å². The Morgan fingerprint density at radius 1 is 1.26 bits per heavy atom. The van der Waals surface area contributed by atoms with Crippen LogP contribution in [-0.2, 0) is 9.59 Å². The normalized spacial score (nSPS) is 19.8. The van der Waals surface area contributed by atoms with Crippen molar-refractivity contribution in [3.63, 3.8) is 0 Å². The van der Waals surface area contributed by atoms with Crippen molar-refractivity contribution in [2.24, 2.45) is 5.92 Å². The van der Waals surface area contributed by atoms with Gasteiger partial charge in [-0.2, -0.15) is 0 Å². The van der Waals surface area contributed by atoms with Gasteiger partial charge >= 0.3 is 0 Å². The second kappa shape index (κ2) is 8.95. The minimum Gasteiger partial charge on any atom is -0.350 e. The van der Waals surface area contributed by atoms with Gasteiger partial charge in [0.05, 0.1) is 11.4 Å². The van der Waals surface area contributed by atoms with Crippen LogP contribution >= 0.6 is 11.3 Å². The summed E-state index contributed by atoms with van der Waals surface area (Å²) in [7, 11) is 0. The number of aromatic nitrogens is 1. The molecule has 0 saturated heterocycles. The maximum Gasteiger partial charge on any atom is 0.244 e. The Labute approximate surface area is 164 Å². The summed E-state index contributed by atoms with van der Waals surface area (Å²) in [6, 6.07) is 9.69. The van der Waals surface area contributed by atoms with Gasteiger partial charge in [0.2, 0.25) is 11.8 Å². The Bertz CT molecular complexity index is 816. The van der Waals surface area contributed by atoms with Crippen molar-refractivity contribution < 1.29 is 9.59 Å². The number of nitrogens with zero attached hydrogens (tertiary/aromatic N) is 2. The Hall–Kier alpha value is -2.47.